The second-order valence-electron chi connectivity index (χ2n) is 8.27. The second kappa shape index (κ2) is 9.92. The first-order valence-corrected chi connectivity index (χ1v) is 12.0. The number of carbonyl (C=O) groups excluding carboxylic acids is 1. The smallest absolute Gasteiger partial charge is 0.293 e. The summed E-state index contributed by atoms with van der Waals surface area (Å²) in [5.41, 5.74) is 3.13. The van der Waals surface area contributed by atoms with Crippen LogP contribution in [0.2, 0.25) is 5.02 Å². The molecule has 5 rings (SSSR count). The molecule has 0 aliphatic carbocycles. The Labute approximate surface area is 216 Å². The zero-order chi connectivity index (χ0) is 25.2. The number of nitro benzene ring substituents is 1. The Morgan fingerprint density at radius 2 is 1.92 bits per heavy atom. The molecule has 36 heavy (non-hydrogen) atoms. The van der Waals surface area contributed by atoms with Crippen LogP contribution in [0.1, 0.15) is 23.2 Å². The van der Waals surface area contributed by atoms with Crippen molar-refractivity contribution in [3.8, 4) is 11.5 Å². The number of hydrogen-bond acceptors (Lipinski definition) is 7. The molecule has 182 valence electrons. The molecule has 1 aliphatic heterocycles. The molecule has 0 bridgehead atoms. The van der Waals surface area contributed by atoms with Gasteiger partial charge in [0.25, 0.3) is 11.6 Å². The van der Waals surface area contributed by atoms with E-state index in [2.05, 4.69) is 15.6 Å². The lowest BCUT2D eigenvalue weighted by Gasteiger charge is -2.18. The number of aromatic nitrogens is 1. The fourth-order valence-corrected chi connectivity index (χ4v) is 4.50. The molecule has 11 heteroatoms. The van der Waals surface area contributed by atoms with E-state index in [1.165, 1.54) is 6.07 Å². The second-order valence-corrected chi connectivity index (χ2v) is 9.12. The molecule has 0 radical (unpaired) electrons. The summed E-state index contributed by atoms with van der Waals surface area (Å²) in [6, 6.07) is 16.9. The highest BCUT2D eigenvalue weighted by Gasteiger charge is 2.24. The summed E-state index contributed by atoms with van der Waals surface area (Å²) in [5, 5.41) is 17.8. The Morgan fingerprint density at radius 1 is 1.11 bits per heavy atom. The molecular weight excluding hydrogens is 502 g/mol. The van der Waals surface area contributed by atoms with Gasteiger partial charge in [-0.3, -0.25) is 20.2 Å². The van der Waals surface area contributed by atoms with Gasteiger partial charge >= 0.3 is 0 Å². The lowest BCUT2D eigenvalue weighted by molar-refractivity contribution is -0.384. The van der Waals surface area contributed by atoms with Gasteiger partial charge in [0.05, 0.1) is 4.92 Å². The number of amides is 1. The average molecular weight is 522 g/mol. The van der Waals surface area contributed by atoms with Crippen LogP contribution >= 0.6 is 23.8 Å². The van der Waals surface area contributed by atoms with Gasteiger partial charge in [0.2, 0.25) is 5.89 Å². The Kier molecular flexibility index (Phi) is 6.53. The predicted molar refractivity (Wildman–Crippen MR) is 143 cm³/mol. The normalized spacial score (nSPS) is 13.1. The summed E-state index contributed by atoms with van der Waals surface area (Å²) < 4.78 is 5.81. The van der Waals surface area contributed by atoms with E-state index < -0.39 is 10.8 Å². The summed E-state index contributed by atoms with van der Waals surface area (Å²) in [6.07, 6.45) is 1.97. The summed E-state index contributed by atoms with van der Waals surface area (Å²) in [4.78, 5) is 30.4. The lowest BCUT2D eigenvalue weighted by Crippen LogP contribution is -2.34. The van der Waals surface area contributed by atoms with Crippen molar-refractivity contribution in [1.29, 1.82) is 0 Å². The van der Waals surface area contributed by atoms with Crippen LogP contribution in [-0.2, 0) is 0 Å². The molecule has 0 unspecified atom stereocenters. The Morgan fingerprint density at radius 3 is 2.69 bits per heavy atom. The van der Waals surface area contributed by atoms with Crippen LogP contribution in [0, 0.1) is 10.1 Å². The number of halogens is 1. The van der Waals surface area contributed by atoms with Crippen LogP contribution in [0.15, 0.2) is 65.1 Å². The number of benzene rings is 3. The molecule has 1 saturated heterocycles. The van der Waals surface area contributed by atoms with Gasteiger partial charge in [0.15, 0.2) is 10.7 Å². The minimum atomic E-state index is -0.546. The van der Waals surface area contributed by atoms with E-state index in [4.69, 9.17) is 28.2 Å². The number of carbonyl (C=O) groups is 1. The molecule has 0 spiro atoms. The monoisotopic (exact) mass is 521 g/mol. The number of nitro groups is 1. The quantitative estimate of drug-likeness (QED) is 0.193. The molecule has 1 aliphatic rings. The number of fused-ring (bicyclic) bond motifs is 1. The van der Waals surface area contributed by atoms with E-state index in [9.17, 15) is 14.9 Å². The van der Waals surface area contributed by atoms with Gasteiger partial charge in [-0.15, -0.1) is 0 Å². The van der Waals surface area contributed by atoms with E-state index >= 15 is 0 Å². The summed E-state index contributed by atoms with van der Waals surface area (Å²) in [7, 11) is 0. The maximum atomic E-state index is 12.8. The Hall–Kier alpha value is -4.02. The summed E-state index contributed by atoms with van der Waals surface area (Å²) in [5.74, 6) is -0.133. The molecule has 1 aromatic heterocycles. The van der Waals surface area contributed by atoms with Crippen LogP contribution in [0.5, 0.6) is 0 Å². The van der Waals surface area contributed by atoms with Crippen molar-refractivity contribution in [3.05, 3.63) is 81.4 Å². The van der Waals surface area contributed by atoms with Gasteiger partial charge in [-0.25, -0.2) is 4.98 Å². The predicted octanol–water partition coefficient (Wildman–Crippen LogP) is 5.78. The number of oxazole rings is 1. The highest BCUT2D eigenvalue weighted by Crippen LogP contribution is 2.32. The summed E-state index contributed by atoms with van der Waals surface area (Å²) >= 11 is 11.3. The lowest BCUT2D eigenvalue weighted by atomic mass is 10.1. The maximum Gasteiger partial charge on any atom is 0.293 e. The van der Waals surface area contributed by atoms with Gasteiger partial charge in [-0.2, -0.15) is 0 Å². The minimum Gasteiger partial charge on any atom is -0.436 e. The maximum absolute atomic E-state index is 12.8. The van der Waals surface area contributed by atoms with E-state index in [-0.39, 0.29) is 16.4 Å². The Bertz CT molecular complexity index is 1500. The van der Waals surface area contributed by atoms with Crippen molar-refractivity contribution < 1.29 is 14.1 Å². The number of nitrogens with zero attached hydrogens (tertiary/aromatic N) is 3. The first kappa shape index (κ1) is 23.7. The fourth-order valence-electron chi connectivity index (χ4n) is 4.13. The number of rotatable bonds is 5. The molecule has 0 saturated carbocycles. The number of anilines is 2. The SMILES string of the molecule is O=C(NC(=S)Nc1cccc(-c2nc3cc(Cl)ccc3o2)c1)c1ccc(N2CCCC2)c([N+](=O)[O-])c1. The molecular formula is C25H20ClN5O4S. The van der Waals surface area contributed by atoms with Crippen LogP contribution in [0.3, 0.4) is 0 Å². The molecule has 2 heterocycles. The van der Waals surface area contributed by atoms with Gasteiger partial charge < -0.3 is 14.6 Å². The van der Waals surface area contributed by atoms with Crippen molar-refractivity contribution in [3.63, 3.8) is 0 Å². The topological polar surface area (TPSA) is 114 Å². The highest BCUT2D eigenvalue weighted by molar-refractivity contribution is 7.80. The van der Waals surface area contributed by atoms with Crippen molar-refractivity contribution in [2.45, 2.75) is 12.8 Å². The fraction of sp³-hybridized carbons (Fsp3) is 0.160. The van der Waals surface area contributed by atoms with E-state index in [1.54, 1.807) is 48.5 Å². The van der Waals surface area contributed by atoms with Crippen molar-refractivity contribution in [2.75, 3.05) is 23.3 Å². The van der Waals surface area contributed by atoms with Crippen LogP contribution in [0.4, 0.5) is 17.1 Å². The van der Waals surface area contributed by atoms with E-state index in [0.717, 1.165) is 25.9 Å². The highest BCUT2D eigenvalue weighted by atomic mass is 35.5. The summed E-state index contributed by atoms with van der Waals surface area (Å²) in [6.45, 7) is 1.52. The molecule has 3 aromatic carbocycles. The largest absolute Gasteiger partial charge is 0.436 e. The third kappa shape index (κ3) is 5.00. The first-order chi connectivity index (χ1) is 17.4. The average Bonchev–Trinajstić information content (AvgIpc) is 3.54. The Balaban J connectivity index is 1.29. The van der Waals surface area contributed by atoms with Crippen molar-refractivity contribution in [2.24, 2.45) is 0 Å². The van der Waals surface area contributed by atoms with Crippen molar-refractivity contribution in [1.82, 2.24) is 10.3 Å². The minimum absolute atomic E-state index is 0.0489. The number of thiocarbonyl (C=S) groups is 1. The standard InChI is InChI=1S/C25H20ClN5O4S/c26-17-7-9-22-19(14-17)28-24(35-22)16-4-3-5-18(12-16)27-25(36)29-23(32)15-6-8-20(21(13-15)31(33)34)30-10-1-2-11-30/h3-9,12-14H,1-2,10-11H2,(H2,27,29,32,36). The molecule has 1 fully saturated rings. The molecule has 2 N–H and O–H groups in total. The molecule has 9 nitrogen and oxygen atoms in total. The number of nitrogens with one attached hydrogen (secondary N) is 2. The molecule has 4 aromatic rings. The number of hydrogen-bond donors (Lipinski definition) is 2. The third-order valence-electron chi connectivity index (χ3n) is 5.83. The van der Waals surface area contributed by atoms with E-state index in [0.29, 0.717) is 39.0 Å². The molecule has 1 amide bonds. The van der Waals surface area contributed by atoms with Gasteiger partial charge in [-0.05, 0) is 73.6 Å². The van der Waals surface area contributed by atoms with Gasteiger partial charge in [0, 0.05) is 41.0 Å². The van der Waals surface area contributed by atoms with Gasteiger partial charge in [0.1, 0.15) is 11.2 Å². The zero-order valence-corrected chi connectivity index (χ0v) is 20.4. The zero-order valence-electron chi connectivity index (χ0n) is 18.9. The third-order valence-corrected chi connectivity index (χ3v) is 6.26. The van der Waals surface area contributed by atoms with Gasteiger partial charge in [-0.1, -0.05) is 17.7 Å². The molecule has 0 atom stereocenters. The van der Waals surface area contributed by atoms with Crippen LogP contribution in [-0.4, -0.2) is 34.0 Å². The van der Waals surface area contributed by atoms with Crippen LogP contribution in [0.25, 0.3) is 22.6 Å². The van der Waals surface area contributed by atoms with Crippen LogP contribution < -0.4 is 15.5 Å². The first-order valence-electron chi connectivity index (χ1n) is 11.2. The van der Waals surface area contributed by atoms with Crippen molar-refractivity contribution >= 4 is 63.0 Å². The van der Waals surface area contributed by atoms with E-state index in [1.807, 2.05) is 11.0 Å².